The molecule has 2 aliphatic rings. The summed E-state index contributed by atoms with van der Waals surface area (Å²) in [5.74, 6) is 2.10. The van der Waals surface area contributed by atoms with E-state index in [1.165, 1.54) is 10.6 Å². The van der Waals surface area contributed by atoms with Gasteiger partial charge < -0.3 is 9.64 Å². The smallest absolute Gasteiger partial charge is 0.226 e. The fourth-order valence-corrected chi connectivity index (χ4v) is 4.53. The number of rotatable bonds is 4. The van der Waals surface area contributed by atoms with Crippen molar-refractivity contribution in [2.75, 3.05) is 20.2 Å². The molecule has 24 heavy (non-hydrogen) atoms. The SMILES string of the molecule is COc1cccc([C@@H]2C[C@H]2C(=O)N2CCC[C@@H](c3nccs3)C2)c1. The van der Waals surface area contributed by atoms with Gasteiger partial charge in [0.05, 0.1) is 12.1 Å². The summed E-state index contributed by atoms with van der Waals surface area (Å²) in [4.78, 5) is 19.4. The van der Waals surface area contributed by atoms with Crippen molar-refractivity contribution in [1.29, 1.82) is 0 Å². The van der Waals surface area contributed by atoms with Crippen molar-refractivity contribution >= 4 is 17.2 Å². The summed E-state index contributed by atoms with van der Waals surface area (Å²) >= 11 is 1.71. The maximum absolute atomic E-state index is 12.9. The molecule has 0 unspecified atom stereocenters. The third-order valence-electron chi connectivity index (χ3n) is 5.16. The van der Waals surface area contributed by atoms with Gasteiger partial charge in [0.1, 0.15) is 5.75 Å². The van der Waals surface area contributed by atoms with Crippen molar-refractivity contribution < 1.29 is 9.53 Å². The first kappa shape index (κ1) is 15.6. The Kier molecular flexibility index (Phi) is 4.27. The molecule has 1 amide bonds. The lowest BCUT2D eigenvalue weighted by atomic mass is 9.98. The molecular weight excluding hydrogens is 320 g/mol. The quantitative estimate of drug-likeness (QED) is 0.851. The summed E-state index contributed by atoms with van der Waals surface area (Å²) in [6.07, 6.45) is 5.04. The van der Waals surface area contributed by atoms with Gasteiger partial charge in [-0.25, -0.2) is 4.98 Å². The van der Waals surface area contributed by atoms with E-state index in [1.807, 2.05) is 23.7 Å². The Morgan fingerprint density at radius 3 is 3.12 bits per heavy atom. The number of carbonyl (C=O) groups excluding carboxylic acids is 1. The van der Waals surface area contributed by atoms with Gasteiger partial charge in [-0.15, -0.1) is 11.3 Å². The Morgan fingerprint density at radius 1 is 1.42 bits per heavy atom. The fourth-order valence-electron chi connectivity index (χ4n) is 3.76. The molecule has 2 fully saturated rings. The van der Waals surface area contributed by atoms with Crippen LogP contribution in [-0.2, 0) is 4.79 Å². The summed E-state index contributed by atoms with van der Waals surface area (Å²) in [6.45, 7) is 1.72. The van der Waals surface area contributed by atoms with Gasteiger partial charge in [-0.1, -0.05) is 12.1 Å². The van der Waals surface area contributed by atoms with Gasteiger partial charge in [0, 0.05) is 36.5 Å². The minimum absolute atomic E-state index is 0.146. The number of hydrogen-bond acceptors (Lipinski definition) is 4. The molecule has 4 rings (SSSR count). The van der Waals surface area contributed by atoms with Crippen molar-refractivity contribution in [2.24, 2.45) is 5.92 Å². The molecule has 1 aromatic heterocycles. The van der Waals surface area contributed by atoms with Crippen LogP contribution in [0.15, 0.2) is 35.8 Å². The molecular formula is C19H22N2O2S. The predicted octanol–water partition coefficient (Wildman–Crippen LogP) is 3.66. The van der Waals surface area contributed by atoms with Crippen LogP contribution < -0.4 is 4.74 Å². The maximum atomic E-state index is 12.9. The predicted molar refractivity (Wildman–Crippen MR) is 94.5 cm³/mol. The number of benzene rings is 1. The van der Waals surface area contributed by atoms with Crippen LogP contribution in [0.2, 0.25) is 0 Å². The summed E-state index contributed by atoms with van der Waals surface area (Å²) < 4.78 is 5.30. The first-order valence-corrected chi connectivity index (χ1v) is 9.46. The van der Waals surface area contributed by atoms with Crippen LogP contribution in [-0.4, -0.2) is 36.0 Å². The van der Waals surface area contributed by atoms with Crippen molar-refractivity contribution in [1.82, 2.24) is 9.88 Å². The van der Waals surface area contributed by atoms with Crippen molar-refractivity contribution in [2.45, 2.75) is 31.1 Å². The summed E-state index contributed by atoms with van der Waals surface area (Å²) in [7, 11) is 1.68. The summed E-state index contributed by atoms with van der Waals surface area (Å²) in [5, 5.41) is 3.20. The lowest BCUT2D eigenvalue weighted by molar-refractivity contribution is -0.133. The number of piperidine rings is 1. The van der Waals surface area contributed by atoms with Crippen LogP contribution in [0.25, 0.3) is 0 Å². The zero-order valence-corrected chi connectivity index (χ0v) is 14.7. The van der Waals surface area contributed by atoms with Crippen molar-refractivity contribution in [3.05, 3.63) is 46.4 Å². The van der Waals surface area contributed by atoms with E-state index in [0.717, 1.165) is 38.1 Å². The van der Waals surface area contributed by atoms with Crippen LogP contribution in [0.3, 0.4) is 0 Å². The summed E-state index contributed by atoms with van der Waals surface area (Å²) in [5.41, 5.74) is 1.22. The monoisotopic (exact) mass is 342 g/mol. The average molecular weight is 342 g/mol. The van der Waals surface area contributed by atoms with Gasteiger partial charge in [-0.05, 0) is 42.9 Å². The van der Waals surface area contributed by atoms with E-state index in [0.29, 0.717) is 17.7 Å². The Labute approximate surface area is 146 Å². The second kappa shape index (κ2) is 6.55. The number of hydrogen-bond donors (Lipinski definition) is 0. The number of aromatic nitrogens is 1. The highest BCUT2D eigenvalue weighted by Gasteiger charge is 2.46. The molecule has 5 heteroatoms. The van der Waals surface area contributed by atoms with Gasteiger partial charge in [0.25, 0.3) is 0 Å². The van der Waals surface area contributed by atoms with Gasteiger partial charge in [0.2, 0.25) is 5.91 Å². The molecule has 4 nitrogen and oxygen atoms in total. The lowest BCUT2D eigenvalue weighted by Crippen LogP contribution is -2.40. The Balaban J connectivity index is 1.41. The number of ether oxygens (including phenoxy) is 1. The van der Waals surface area contributed by atoms with Crippen molar-refractivity contribution in [3.63, 3.8) is 0 Å². The number of amides is 1. The molecule has 1 saturated heterocycles. The molecule has 0 spiro atoms. The van der Waals surface area contributed by atoms with Gasteiger partial charge in [-0.3, -0.25) is 4.79 Å². The van der Waals surface area contributed by atoms with Gasteiger partial charge in [0.15, 0.2) is 0 Å². The molecule has 0 bridgehead atoms. The topological polar surface area (TPSA) is 42.4 Å². The van der Waals surface area contributed by atoms with E-state index < -0.39 is 0 Å². The van der Waals surface area contributed by atoms with E-state index in [9.17, 15) is 4.79 Å². The minimum Gasteiger partial charge on any atom is -0.497 e. The second-order valence-electron chi connectivity index (χ2n) is 6.72. The molecule has 126 valence electrons. The highest BCUT2D eigenvalue weighted by Crippen LogP contribution is 2.49. The lowest BCUT2D eigenvalue weighted by Gasteiger charge is -2.32. The first-order chi connectivity index (χ1) is 11.8. The first-order valence-electron chi connectivity index (χ1n) is 8.58. The Morgan fingerprint density at radius 2 is 2.33 bits per heavy atom. The molecule has 0 N–H and O–H groups in total. The highest BCUT2D eigenvalue weighted by atomic mass is 32.1. The van der Waals surface area contributed by atoms with Gasteiger partial charge >= 0.3 is 0 Å². The third-order valence-corrected chi connectivity index (χ3v) is 6.10. The number of likely N-dealkylation sites (tertiary alicyclic amines) is 1. The van der Waals surface area contributed by atoms with Crippen molar-refractivity contribution in [3.8, 4) is 5.75 Å². The number of nitrogens with zero attached hydrogens (tertiary/aromatic N) is 2. The zero-order chi connectivity index (χ0) is 16.5. The van der Waals surface area contributed by atoms with E-state index in [2.05, 4.69) is 22.0 Å². The molecule has 0 radical (unpaired) electrons. The minimum atomic E-state index is 0.146. The fraction of sp³-hybridized carbons (Fsp3) is 0.474. The largest absolute Gasteiger partial charge is 0.497 e. The Hall–Kier alpha value is -1.88. The average Bonchev–Trinajstić information content (AvgIpc) is 3.25. The van der Waals surface area contributed by atoms with E-state index in [-0.39, 0.29) is 5.92 Å². The second-order valence-corrected chi connectivity index (χ2v) is 7.65. The number of carbonyl (C=O) groups is 1. The Bertz CT molecular complexity index is 716. The summed E-state index contributed by atoms with van der Waals surface area (Å²) in [6, 6.07) is 8.13. The van der Waals surface area contributed by atoms with Crippen LogP contribution in [0.5, 0.6) is 5.75 Å². The highest BCUT2D eigenvalue weighted by molar-refractivity contribution is 7.09. The number of thiazole rings is 1. The molecule has 1 aliphatic heterocycles. The van der Waals surface area contributed by atoms with Gasteiger partial charge in [-0.2, -0.15) is 0 Å². The van der Waals surface area contributed by atoms with Crippen LogP contribution in [0.1, 0.15) is 41.7 Å². The molecule has 1 aliphatic carbocycles. The molecule has 2 heterocycles. The number of methoxy groups -OCH3 is 1. The van der Waals surface area contributed by atoms with Crippen LogP contribution in [0.4, 0.5) is 0 Å². The molecule has 2 aromatic rings. The van der Waals surface area contributed by atoms with E-state index in [4.69, 9.17) is 4.74 Å². The third kappa shape index (κ3) is 3.05. The van der Waals surface area contributed by atoms with Crippen LogP contribution >= 0.6 is 11.3 Å². The molecule has 1 aromatic carbocycles. The zero-order valence-electron chi connectivity index (χ0n) is 13.9. The van der Waals surface area contributed by atoms with E-state index >= 15 is 0 Å². The van der Waals surface area contributed by atoms with E-state index in [1.54, 1.807) is 18.4 Å². The molecule has 3 atom stereocenters. The normalized spacial score (nSPS) is 26.2. The molecule has 1 saturated carbocycles. The maximum Gasteiger partial charge on any atom is 0.226 e. The van der Waals surface area contributed by atoms with Crippen LogP contribution in [0, 0.1) is 5.92 Å². The standard InChI is InChI=1S/C19H22N2O2S/c1-23-15-6-2-4-13(10-15)16-11-17(16)19(22)21-8-3-5-14(12-21)18-20-7-9-24-18/h2,4,6-7,9-10,14,16-17H,3,5,8,11-12H2,1H3/t14-,16+,17-/m1/s1.